The fourth-order valence-corrected chi connectivity index (χ4v) is 4.25. The van der Waals surface area contributed by atoms with Gasteiger partial charge in [-0.05, 0) is 31.2 Å². The Morgan fingerprint density at radius 1 is 1.33 bits per heavy atom. The molecule has 122 valence electrons. The van der Waals surface area contributed by atoms with E-state index in [2.05, 4.69) is 10.3 Å². The summed E-state index contributed by atoms with van der Waals surface area (Å²) in [6.07, 6.45) is 1.90. The number of aromatic nitrogens is 2. The predicted molar refractivity (Wildman–Crippen MR) is 90.7 cm³/mol. The van der Waals surface area contributed by atoms with Crippen LogP contribution in [0.1, 0.15) is 28.2 Å². The van der Waals surface area contributed by atoms with Crippen LogP contribution in [0.4, 0.5) is 8.78 Å². The second-order valence-electron chi connectivity index (χ2n) is 5.33. The first kappa shape index (κ1) is 15.2. The number of fused-ring (bicyclic) bond motifs is 3. The van der Waals surface area contributed by atoms with Gasteiger partial charge in [0.1, 0.15) is 16.5 Å². The molecule has 3 heterocycles. The number of thiazole rings is 1. The van der Waals surface area contributed by atoms with Gasteiger partial charge in [-0.25, -0.2) is 13.8 Å². The smallest absolute Gasteiger partial charge is 0.261 e. The molecule has 8 heteroatoms. The maximum absolute atomic E-state index is 13.8. The Hall–Kier alpha value is -2.32. The lowest BCUT2D eigenvalue weighted by Crippen LogP contribution is -2.26. The van der Waals surface area contributed by atoms with Crippen molar-refractivity contribution in [3.63, 3.8) is 0 Å². The molecular weight excluding hydrogens is 352 g/mol. The summed E-state index contributed by atoms with van der Waals surface area (Å²) in [6.45, 7) is 1.62. The molecule has 4 aromatic rings. The van der Waals surface area contributed by atoms with Gasteiger partial charge < -0.3 is 5.32 Å². The van der Waals surface area contributed by atoms with E-state index in [1.54, 1.807) is 13.0 Å². The number of hydrogen-bond donors (Lipinski definition) is 1. The van der Waals surface area contributed by atoms with Gasteiger partial charge in [-0.15, -0.1) is 22.7 Å². The quantitative estimate of drug-likeness (QED) is 0.587. The molecule has 1 amide bonds. The highest BCUT2D eigenvalue weighted by atomic mass is 32.1. The maximum atomic E-state index is 13.8. The van der Waals surface area contributed by atoms with Gasteiger partial charge in [-0.1, -0.05) is 0 Å². The van der Waals surface area contributed by atoms with Gasteiger partial charge in [0.05, 0.1) is 16.4 Å². The number of carbonyl (C=O) groups excluding carboxylic acids is 1. The third-order valence-corrected chi connectivity index (χ3v) is 5.51. The Bertz CT molecular complexity index is 1070. The second-order valence-corrected chi connectivity index (χ2v) is 7.23. The molecule has 0 spiro atoms. The van der Waals surface area contributed by atoms with Crippen LogP contribution in [-0.4, -0.2) is 15.3 Å². The molecule has 0 unspecified atom stereocenters. The Kier molecular flexibility index (Phi) is 3.58. The van der Waals surface area contributed by atoms with Crippen LogP contribution in [0.15, 0.2) is 35.8 Å². The number of thiophene rings is 1. The molecule has 0 aliphatic rings. The number of amides is 1. The Balaban J connectivity index is 1.61. The summed E-state index contributed by atoms with van der Waals surface area (Å²) < 4.78 is 29.0. The zero-order valence-corrected chi connectivity index (χ0v) is 14.0. The SMILES string of the molecule is C[C@@H](NC(=O)c1cc2c(nc3sccn32)s1)c1cc(F)ccc1F. The molecular formula is C16H11F2N3OS2. The van der Waals surface area contributed by atoms with Crippen molar-refractivity contribution in [2.24, 2.45) is 0 Å². The van der Waals surface area contributed by atoms with Gasteiger partial charge in [0, 0.05) is 17.1 Å². The van der Waals surface area contributed by atoms with Crippen molar-refractivity contribution in [1.29, 1.82) is 0 Å². The van der Waals surface area contributed by atoms with E-state index in [1.807, 2.05) is 16.0 Å². The van der Waals surface area contributed by atoms with Crippen LogP contribution in [0.2, 0.25) is 0 Å². The van der Waals surface area contributed by atoms with Gasteiger partial charge in [-0.3, -0.25) is 9.20 Å². The number of hydrogen-bond acceptors (Lipinski definition) is 4. The Morgan fingerprint density at radius 3 is 3.00 bits per heavy atom. The van der Waals surface area contributed by atoms with Crippen molar-refractivity contribution in [1.82, 2.24) is 14.7 Å². The Morgan fingerprint density at radius 2 is 2.17 bits per heavy atom. The van der Waals surface area contributed by atoms with Crippen molar-refractivity contribution < 1.29 is 13.6 Å². The number of carbonyl (C=O) groups is 1. The average Bonchev–Trinajstić information content (AvgIpc) is 3.21. The molecule has 0 radical (unpaired) electrons. The standard InChI is InChI=1S/C16H11F2N3OS2/c1-8(10-6-9(17)2-3-11(10)18)19-14(22)13-7-12-15(24-13)20-16-21(12)4-5-23-16/h2-8H,1H3,(H,19,22)/t8-/m1/s1. The largest absolute Gasteiger partial charge is 0.345 e. The fraction of sp³-hybridized carbons (Fsp3) is 0.125. The number of imidazole rings is 1. The first-order valence-electron chi connectivity index (χ1n) is 7.14. The summed E-state index contributed by atoms with van der Waals surface area (Å²) in [5.41, 5.74) is 0.984. The lowest BCUT2D eigenvalue weighted by molar-refractivity contribution is 0.0943. The van der Waals surface area contributed by atoms with Crippen LogP contribution in [0.3, 0.4) is 0 Å². The number of rotatable bonds is 3. The molecule has 1 atom stereocenters. The van der Waals surface area contributed by atoms with Gasteiger partial charge in [0.25, 0.3) is 5.91 Å². The molecule has 4 rings (SSSR count). The first-order valence-corrected chi connectivity index (χ1v) is 8.83. The Labute approximate surface area is 143 Å². The summed E-state index contributed by atoms with van der Waals surface area (Å²) in [7, 11) is 0. The lowest BCUT2D eigenvalue weighted by Gasteiger charge is -2.14. The van der Waals surface area contributed by atoms with Gasteiger partial charge in [-0.2, -0.15) is 0 Å². The molecule has 0 saturated carbocycles. The summed E-state index contributed by atoms with van der Waals surface area (Å²) in [6, 6.07) is 4.31. The fourth-order valence-electron chi connectivity index (χ4n) is 2.55. The topological polar surface area (TPSA) is 46.4 Å². The number of halogens is 2. The normalized spacial score (nSPS) is 12.8. The van der Waals surface area contributed by atoms with Crippen LogP contribution in [0.25, 0.3) is 15.3 Å². The summed E-state index contributed by atoms with van der Waals surface area (Å²) >= 11 is 2.80. The highest BCUT2D eigenvalue weighted by Gasteiger charge is 2.19. The first-order chi connectivity index (χ1) is 11.5. The van der Waals surface area contributed by atoms with Crippen molar-refractivity contribution in [3.8, 4) is 0 Å². The number of benzene rings is 1. The van der Waals surface area contributed by atoms with Crippen molar-refractivity contribution >= 4 is 43.9 Å². The van der Waals surface area contributed by atoms with E-state index in [9.17, 15) is 13.6 Å². The minimum atomic E-state index is -0.647. The molecule has 0 fully saturated rings. The zero-order chi connectivity index (χ0) is 16.8. The monoisotopic (exact) mass is 363 g/mol. The summed E-state index contributed by atoms with van der Waals surface area (Å²) in [4.78, 5) is 19.0. The minimum Gasteiger partial charge on any atom is -0.345 e. The van der Waals surface area contributed by atoms with Gasteiger partial charge >= 0.3 is 0 Å². The van der Waals surface area contributed by atoms with E-state index in [0.717, 1.165) is 33.5 Å². The van der Waals surface area contributed by atoms with Crippen LogP contribution < -0.4 is 5.32 Å². The summed E-state index contributed by atoms with van der Waals surface area (Å²) in [5.74, 6) is -1.42. The van der Waals surface area contributed by atoms with Crippen molar-refractivity contribution in [2.75, 3.05) is 0 Å². The average molecular weight is 363 g/mol. The highest BCUT2D eigenvalue weighted by molar-refractivity contribution is 7.21. The molecule has 0 aliphatic heterocycles. The summed E-state index contributed by atoms with van der Waals surface area (Å²) in [5, 5.41) is 4.63. The molecule has 0 aliphatic carbocycles. The lowest BCUT2D eigenvalue weighted by atomic mass is 10.1. The van der Waals surface area contributed by atoms with E-state index in [-0.39, 0.29) is 11.5 Å². The van der Waals surface area contributed by atoms with Gasteiger partial charge in [0.2, 0.25) is 0 Å². The zero-order valence-electron chi connectivity index (χ0n) is 12.4. The van der Waals surface area contributed by atoms with Crippen LogP contribution in [0, 0.1) is 11.6 Å². The third-order valence-electron chi connectivity index (χ3n) is 3.74. The molecule has 0 saturated heterocycles. The molecule has 3 aromatic heterocycles. The van der Waals surface area contributed by atoms with E-state index < -0.39 is 17.7 Å². The molecule has 1 aromatic carbocycles. The number of nitrogens with zero attached hydrogens (tertiary/aromatic N) is 2. The molecule has 4 nitrogen and oxygen atoms in total. The second kappa shape index (κ2) is 5.64. The predicted octanol–water partition coefficient (Wildman–Crippen LogP) is 4.38. The van der Waals surface area contributed by atoms with Crippen LogP contribution in [-0.2, 0) is 0 Å². The van der Waals surface area contributed by atoms with E-state index >= 15 is 0 Å². The maximum Gasteiger partial charge on any atom is 0.261 e. The van der Waals surface area contributed by atoms with Crippen LogP contribution in [0.5, 0.6) is 0 Å². The van der Waals surface area contributed by atoms with E-state index in [0.29, 0.717) is 4.88 Å². The molecule has 24 heavy (non-hydrogen) atoms. The van der Waals surface area contributed by atoms with Crippen molar-refractivity contribution in [3.05, 3.63) is 57.9 Å². The van der Waals surface area contributed by atoms with E-state index in [1.165, 1.54) is 22.7 Å². The van der Waals surface area contributed by atoms with E-state index in [4.69, 9.17) is 0 Å². The highest BCUT2D eigenvalue weighted by Crippen LogP contribution is 2.28. The van der Waals surface area contributed by atoms with Crippen molar-refractivity contribution in [2.45, 2.75) is 13.0 Å². The molecule has 1 N–H and O–H groups in total. The van der Waals surface area contributed by atoms with Gasteiger partial charge in [0.15, 0.2) is 4.96 Å². The van der Waals surface area contributed by atoms with Crippen LogP contribution >= 0.6 is 22.7 Å². The minimum absolute atomic E-state index is 0.117. The third kappa shape index (κ3) is 2.47. The number of nitrogens with one attached hydrogen (secondary N) is 1. The molecule has 0 bridgehead atoms.